The molecular formula is C12H24N2O. The SMILES string of the molecule is COC1CNC(CN2CCCC2(C)C)C1. The summed E-state index contributed by atoms with van der Waals surface area (Å²) < 4.78 is 5.38. The zero-order chi connectivity index (χ0) is 10.9. The molecular weight excluding hydrogens is 188 g/mol. The van der Waals surface area contributed by atoms with Gasteiger partial charge in [0.25, 0.3) is 0 Å². The second-order valence-electron chi connectivity index (χ2n) is 5.56. The van der Waals surface area contributed by atoms with E-state index in [1.54, 1.807) is 0 Å². The van der Waals surface area contributed by atoms with Crippen LogP contribution in [0.4, 0.5) is 0 Å². The van der Waals surface area contributed by atoms with Gasteiger partial charge in [0.2, 0.25) is 0 Å². The van der Waals surface area contributed by atoms with Crippen LogP contribution < -0.4 is 5.32 Å². The minimum absolute atomic E-state index is 0.410. The highest BCUT2D eigenvalue weighted by Gasteiger charge is 2.35. The second-order valence-corrected chi connectivity index (χ2v) is 5.56. The van der Waals surface area contributed by atoms with Crippen molar-refractivity contribution in [3.8, 4) is 0 Å². The number of likely N-dealkylation sites (tertiary alicyclic amines) is 1. The predicted octanol–water partition coefficient (Wildman–Crippen LogP) is 1.24. The molecule has 2 fully saturated rings. The van der Waals surface area contributed by atoms with Gasteiger partial charge in [-0.3, -0.25) is 4.90 Å². The molecule has 0 saturated carbocycles. The van der Waals surface area contributed by atoms with E-state index in [1.165, 1.54) is 32.4 Å². The van der Waals surface area contributed by atoms with Crippen molar-refractivity contribution >= 4 is 0 Å². The molecule has 0 amide bonds. The Balaban J connectivity index is 1.82. The van der Waals surface area contributed by atoms with E-state index >= 15 is 0 Å². The lowest BCUT2D eigenvalue weighted by atomic mass is 10.0. The highest BCUT2D eigenvalue weighted by Crippen LogP contribution is 2.28. The average molecular weight is 212 g/mol. The number of hydrogen-bond donors (Lipinski definition) is 1. The molecule has 0 aromatic heterocycles. The molecule has 2 heterocycles. The quantitative estimate of drug-likeness (QED) is 0.762. The van der Waals surface area contributed by atoms with E-state index in [-0.39, 0.29) is 0 Å². The summed E-state index contributed by atoms with van der Waals surface area (Å²) in [6.45, 7) is 8.20. The van der Waals surface area contributed by atoms with Crippen molar-refractivity contribution < 1.29 is 4.74 Å². The van der Waals surface area contributed by atoms with Crippen molar-refractivity contribution in [3.63, 3.8) is 0 Å². The molecule has 0 spiro atoms. The largest absolute Gasteiger partial charge is 0.380 e. The monoisotopic (exact) mass is 212 g/mol. The Kier molecular flexibility index (Phi) is 3.33. The molecule has 0 aromatic carbocycles. The summed E-state index contributed by atoms with van der Waals surface area (Å²) in [5.74, 6) is 0. The van der Waals surface area contributed by atoms with Crippen molar-refractivity contribution in [1.29, 1.82) is 0 Å². The Morgan fingerprint density at radius 3 is 2.80 bits per heavy atom. The van der Waals surface area contributed by atoms with E-state index in [0.29, 0.717) is 17.7 Å². The minimum Gasteiger partial charge on any atom is -0.380 e. The first-order chi connectivity index (χ1) is 7.12. The summed E-state index contributed by atoms with van der Waals surface area (Å²) in [6, 6.07) is 0.632. The molecule has 2 aliphatic heterocycles. The highest BCUT2D eigenvalue weighted by molar-refractivity contribution is 4.92. The van der Waals surface area contributed by atoms with Crippen LogP contribution in [0.15, 0.2) is 0 Å². The summed E-state index contributed by atoms with van der Waals surface area (Å²) in [6.07, 6.45) is 4.30. The number of nitrogens with one attached hydrogen (secondary N) is 1. The Labute approximate surface area is 93.2 Å². The summed E-state index contributed by atoms with van der Waals surface area (Å²) in [5, 5.41) is 3.56. The van der Waals surface area contributed by atoms with Crippen LogP contribution in [-0.4, -0.2) is 49.3 Å². The minimum atomic E-state index is 0.410. The molecule has 88 valence electrons. The summed E-state index contributed by atoms with van der Waals surface area (Å²) in [4.78, 5) is 2.63. The number of hydrogen-bond acceptors (Lipinski definition) is 3. The molecule has 2 rings (SSSR count). The average Bonchev–Trinajstić information content (AvgIpc) is 2.75. The van der Waals surface area contributed by atoms with Crippen molar-refractivity contribution in [1.82, 2.24) is 10.2 Å². The van der Waals surface area contributed by atoms with Crippen LogP contribution in [0, 0.1) is 0 Å². The van der Waals surface area contributed by atoms with Crippen LogP contribution >= 0.6 is 0 Å². The van der Waals surface area contributed by atoms with E-state index in [4.69, 9.17) is 4.74 Å². The van der Waals surface area contributed by atoms with Gasteiger partial charge in [-0.15, -0.1) is 0 Å². The summed E-state index contributed by atoms with van der Waals surface area (Å²) in [7, 11) is 1.81. The van der Waals surface area contributed by atoms with Crippen molar-refractivity contribution in [3.05, 3.63) is 0 Å². The molecule has 15 heavy (non-hydrogen) atoms. The lowest BCUT2D eigenvalue weighted by Gasteiger charge is -2.33. The molecule has 3 heteroatoms. The van der Waals surface area contributed by atoms with Crippen LogP contribution in [0.5, 0.6) is 0 Å². The molecule has 2 saturated heterocycles. The van der Waals surface area contributed by atoms with Crippen LogP contribution in [-0.2, 0) is 4.74 Å². The fourth-order valence-electron chi connectivity index (χ4n) is 2.87. The molecule has 2 unspecified atom stereocenters. The van der Waals surface area contributed by atoms with Gasteiger partial charge in [0.15, 0.2) is 0 Å². The molecule has 3 nitrogen and oxygen atoms in total. The normalized spacial score (nSPS) is 36.2. The Morgan fingerprint density at radius 2 is 2.27 bits per heavy atom. The second kappa shape index (κ2) is 4.40. The van der Waals surface area contributed by atoms with E-state index < -0.39 is 0 Å². The van der Waals surface area contributed by atoms with Crippen molar-refractivity contribution in [2.24, 2.45) is 0 Å². The predicted molar refractivity (Wildman–Crippen MR) is 62.1 cm³/mol. The van der Waals surface area contributed by atoms with Crippen LogP contribution in [0.25, 0.3) is 0 Å². The summed E-state index contributed by atoms with van der Waals surface area (Å²) >= 11 is 0. The van der Waals surface area contributed by atoms with E-state index in [1.807, 2.05) is 7.11 Å². The van der Waals surface area contributed by atoms with Gasteiger partial charge in [-0.25, -0.2) is 0 Å². The Morgan fingerprint density at radius 1 is 1.47 bits per heavy atom. The van der Waals surface area contributed by atoms with E-state index in [9.17, 15) is 0 Å². The van der Waals surface area contributed by atoms with Crippen LogP contribution in [0.3, 0.4) is 0 Å². The van der Waals surface area contributed by atoms with Gasteiger partial charge in [0, 0.05) is 31.8 Å². The third-order valence-corrected chi connectivity index (χ3v) is 4.03. The first kappa shape index (κ1) is 11.4. The Bertz CT molecular complexity index is 218. The molecule has 1 N–H and O–H groups in total. The van der Waals surface area contributed by atoms with Gasteiger partial charge in [-0.05, 0) is 39.7 Å². The Hall–Kier alpha value is -0.120. The molecule has 0 aromatic rings. The summed E-state index contributed by atoms with van der Waals surface area (Å²) in [5.41, 5.74) is 0.410. The molecule has 0 radical (unpaired) electrons. The van der Waals surface area contributed by atoms with Gasteiger partial charge in [0.05, 0.1) is 6.10 Å². The highest BCUT2D eigenvalue weighted by atomic mass is 16.5. The number of rotatable bonds is 3. The first-order valence-corrected chi connectivity index (χ1v) is 6.13. The fourth-order valence-corrected chi connectivity index (χ4v) is 2.87. The van der Waals surface area contributed by atoms with Crippen molar-refractivity contribution in [2.45, 2.75) is 50.8 Å². The lowest BCUT2D eigenvalue weighted by molar-refractivity contribution is 0.112. The number of ether oxygens (including phenoxy) is 1. The van der Waals surface area contributed by atoms with Gasteiger partial charge < -0.3 is 10.1 Å². The van der Waals surface area contributed by atoms with Crippen LogP contribution in [0.1, 0.15) is 33.1 Å². The first-order valence-electron chi connectivity index (χ1n) is 6.13. The standard InChI is InChI=1S/C12H24N2O/c1-12(2)5-4-6-14(12)9-10-7-11(15-3)8-13-10/h10-11,13H,4-9H2,1-3H3. The molecule has 0 aliphatic carbocycles. The van der Waals surface area contributed by atoms with E-state index in [2.05, 4.69) is 24.1 Å². The smallest absolute Gasteiger partial charge is 0.0711 e. The maximum absolute atomic E-state index is 5.38. The van der Waals surface area contributed by atoms with Gasteiger partial charge >= 0.3 is 0 Å². The van der Waals surface area contributed by atoms with Crippen LogP contribution in [0.2, 0.25) is 0 Å². The maximum Gasteiger partial charge on any atom is 0.0711 e. The third kappa shape index (κ3) is 2.52. The third-order valence-electron chi connectivity index (χ3n) is 4.03. The van der Waals surface area contributed by atoms with E-state index in [0.717, 1.165) is 6.54 Å². The number of methoxy groups -OCH3 is 1. The molecule has 0 bridgehead atoms. The molecule has 2 aliphatic rings. The van der Waals surface area contributed by atoms with Gasteiger partial charge in [-0.1, -0.05) is 0 Å². The maximum atomic E-state index is 5.38. The fraction of sp³-hybridized carbons (Fsp3) is 1.00. The zero-order valence-corrected chi connectivity index (χ0v) is 10.3. The number of nitrogens with zero attached hydrogens (tertiary/aromatic N) is 1. The van der Waals surface area contributed by atoms with Crippen molar-refractivity contribution in [2.75, 3.05) is 26.7 Å². The zero-order valence-electron chi connectivity index (χ0n) is 10.3. The molecule has 2 atom stereocenters. The topological polar surface area (TPSA) is 24.5 Å². The lowest BCUT2D eigenvalue weighted by Crippen LogP contribution is -2.45. The van der Waals surface area contributed by atoms with Gasteiger partial charge in [-0.2, -0.15) is 0 Å². The van der Waals surface area contributed by atoms with Gasteiger partial charge in [0.1, 0.15) is 0 Å².